The average molecular weight is 562 g/mol. The Morgan fingerprint density at radius 1 is 1.00 bits per heavy atom. The van der Waals surface area contributed by atoms with Gasteiger partial charge in [0.05, 0.1) is 23.7 Å². The van der Waals surface area contributed by atoms with E-state index in [0.717, 1.165) is 22.5 Å². The molecule has 10 nitrogen and oxygen atoms in total. The van der Waals surface area contributed by atoms with Crippen molar-refractivity contribution in [2.45, 2.75) is 13.1 Å². The minimum atomic E-state index is -1.22. The van der Waals surface area contributed by atoms with Crippen molar-refractivity contribution in [3.63, 3.8) is 0 Å². The number of hydrogen-bond donors (Lipinski definition) is 2. The molecule has 3 aromatic carbocycles. The SMILES string of the molecule is CCOC(=O)/C=C/C(=O)N1CCN2C(=O)C(NC(=O)c3cc4ccccc4[nH]3)N=C(c3ccccc3)c3cccc1c32. The normalized spacial score (nSPS) is 16.2. The lowest BCUT2D eigenvalue weighted by atomic mass is 9.97. The molecule has 0 saturated carbocycles. The molecule has 3 heterocycles. The van der Waals surface area contributed by atoms with E-state index in [9.17, 15) is 19.2 Å². The van der Waals surface area contributed by atoms with Gasteiger partial charge in [-0.25, -0.2) is 9.79 Å². The first-order chi connectivity index (χ1) is 20.4. The fourth-order valence-electron chi connectivity index (χ4n) is 5.24. The largest absolute Gasteiger partial charge is 0.463 e. The molecular weight excluding hydrogens is 534 g/mol. The lowest BCUT2D eigenvalue weighted by Crippen LogP contribution is -2.52. The third kappa shape index (κ3) is 4.94. The summed E-state index contributed by atoms with van der Waals surface area (Å²) in [5, 5.41) is 3.69. The van der Waals surface area contributed by atoms with E-state index in [4.69, 9.17) is 9.73 Å². The van der Waals surface area contributed by atoms with E-state index < -0.39 is 29.9 Å². The summed E-state index contributed by atoms with van der Waals surface area (Å²) in [6.07, 6.45) is 1.05. The number of nitrogens with one attached hydrogen (secondary N) is 2. The summed E-state index contributed by atoms with van der Waals surface area (Å²) in [5.41, 5.74) is 4.01. The minimum Gasteiger partial charge on any atom is -0.463 e. The van der Waals surface area contributed by atoms with Crippen molar-refractivity contribution in [1.82, 2.24) is 10.3 Å². The van der Waals surface area contributed by atoms with E-state index in [-0.39, 0.29) is 19.7 Å². The van der Waals surface area contributed by atoms with Crippen LogP contribution in [0.4, 0.5) is 11.4 Å². The predicted molar refractivity (Wildman–Crippen MR) is 159 cm³/mol. The molecule has 1 unspecified atom stereocenters. The zero-order chi connectivity index (χ0) is 29.2. The summed E-state index contributed by atoms with van der Waals surface area (Å²) in [6, 6.07) is 24.0. The van der Waals surface area contributed by atoms with Gasteiger partial charge in [0.15, 0.2) is 0 Å². The van der Waals surface area contributed by atoms with Crippen molar-refractivity contribution in [3.8, 4) is 0 Å². The summed E-state index contributed by atoms with van der Waals surface area (Å²) >= 11 is 0. The van der Waals surface area contributed by atoms with Gasteiger partial charge in [0, 0.05) is 47.3 Å². The number of esters is 1. The summed E-state index contributed by atoms with van der Waals surface area (Å²) in [6.45, 7) is 2.23. The second-order valence-corrected chi connectivity index (χ2v) is 9.73. The summed E-state index contributed by atoms with van der Waals surface area (Å²) in [7, 11) is 0. The first kappa shape index (κ1) is 26.7. The molecule has 10 heteroatoms. The number of H-pyrrole nitrogens is 1. The number of amides is 3. The van der Waals surface area contributed by atoms with Gasteiger partial charge < -0.3 is 24.8 Å². The van der Waals surface area contributed by atoms with Gasteiger partial charge in [0.2, 0.25) is 6.17 Å². The van der Waals surface area contributed by atoms with E-state index in [1.807, 2.05) is 60.7 Å². The smallest absolute Gasteiger partial charge is 0.330 e. The van der Waals surface area contributed by atoms with Gasteiger partial charge >= 0.3 is 5.97 Å². The number of para-hydroxylation sites is 2. The van der Waals surface area contributed by atoms with Crippen molar-refractivity contribution >= 4 is 51.7 Å². The van der Waals surface area contributed by atoms with Crippen molar-refractivity contribution in [2.75, 3.05) is 29.5 Å². The Labute approximate surface area is 241 Å². The third-order valence-electron chi connectivity index (χ3n) is 7.14. The summed E-state index contributed by atoms with van der Waals surface area (Å²) in [5.74, 6) is -1.92. The number of aromatic nitrogens is 1. The Morgan fingerprint density at radius 3 is 2.57 bits per heavy atom. The Hall–Kier alpha value is -5.51. The number of anilines is 2. The molecule has 0 fully saturated rings. The van der Waals surface area contributed by atoms with Crippen molar-refractivity contribution in [1.29, 1.82) is 0 Å². The van der Waals surface area contributed by atoms with Gasteiger partial charge in [0.25, 0.3) is 17.7 Å². The maximum Gasteiger partial charge on any atom is 0.330 e. The maximum absolute atomic E-state index is 14.0. The molecule has 1 atom stereocenters. The second kappa shape index (κ2) is 11.2. The van der Waals surface area contributed by atoms with Crippen LogP contribution in [0.1, 0.15) is 28.5 Å². The van der Waals surface area contributed by atoms with Crippen LogP contribution >= 0.6 is 0 Å². The van der Waals surface area contributed by atoms with Crippen LogP contribution in [0.15, 0.2) is 96.0 Å². The molecule has 0 aliphatic carbocycles. The zero-order valence-electron chi connectivity index (χ0n) is 22.7. The molecule has 4 aromatic rings. The van der Waals surface area contributed by atoms with Gasteiger partial charge in [-0.05, 0) is 25.1 Å². The number of hydrogen-bond acceptors (Lipinski definition) is 6. The van der Waals surface area contributed by atoms with Crippen molar-refractivity contribution in [2.24, 2.45) is 4.99 Å². The highest BCUT2D eigenvalue weighted by atomic mass is 16.5. The Morgan fingerprint density at radius 2 is 1.79 bits per heavy atom. The molecule has 6 rings (SSSR count). The van der Waals surface area contributed by atoms with Crippen LogP contribution < -0.4 is 15.1 Å². The van der Waals surface area contributed by atoms with E-state index in [0.29, 0.717) is 28.3 Å². The number of aliphatic imine (C=N–C) groups is 1. The highest BCUT2D eigenvalue weighted by molar-refractivity contribution is 6.23. The number of benzene rings is 3. The molecule has 2 aliphatic heterocycles. The molecule has 1 aromatic heterocycles. The second-order valence-electron chi connectivity index (χ2n) is 9.73. The fraction of sp³-hybridized carbons (Fsp3) is 0.156. The Bertz CT molecular complexity index is 1740. The molecule has 2 N–H and O–H groups in total. The molecule has 42 heavy (non-hydrogen) atoms. The van der Waals surface area contributed by atoms with Crippen LogP contribution in [0.3, 0.4) is 0 Å². The van der Waals surface area contributed by atoms with Gasteiger partial charge in [0.1, 0.15) is 5.69 Å². The topological polar surface area (TPSA) is 124 Å². The molecule has 0 saturated heterocycles. The molecule has 2 aliphatic rings. The average Bonchev–Trinajstić information content (AvgIpc) is 3.41. The van der Waals surface area contributed by atoms with Crippen LogP contribution in [0.5, 0.6) is 0 Å². The number of ether oxygens (including phenoxy) is 1. The van der Waals surface area contributed by atoms with Crippen molar-refractivity contribution < 1.29 is 23.9 Å². The highest BCUT2D eigenvalue weighted by Gasteiger charge is 2.39. The monoisotopic (exact) mass is 561 g/mol. The molecule has 210 valence electrons. The van der Waals surface area contributed by atoms with Crippen molar-refractivity contribution in [3.05, 3.63) is 108 Å². The number of nitrogens with zero attached hydrogens (tertiary/aromatic N) is 3. The number of aromatic amines is 1. The lowest BCUT2D eigenvalue weighted by Gasteiger charge is -2.37. The van der Waals surface area contributed by atoms with Crippen LogP contribution in [-0.2, 0) is 19.1 Å². The fourth-order valence-corrected chi connectivity index (χ4v) is 5.24. The quantitative estimate of drug-likeness (QED) is 0.275. The number of rotatable bonds is 6. The number of carbonyl (C=O) groups is 4. The molecule has 0 spiro atoms. The van der Waals surface area contributed by atoms with E-state index in [1.165, 1.54) is 11.0 Å². The minimum absolute atomic E-state index is 0.165. The zero-order valence-corrected chi connectivity index (χ0v) is 22.7. The van der Waals surface area contributed by atoms with Gasteiger partial charge in [-0.1, -0.05) is 60.7 Å². The predicted octanol–water partition coefficient (Wildman–Crippen LogP) is 3.57. The highest BCUT2D eigenvalue weighted by Crippen LogP contribution is 2.39. The van der Waals surface area contributed by atoms with Gasteiger partial charge in [-0.15, -0.1) is 0 Å². The first-order valence-corrected chi connectivity index (χ1v) is 13.6. The molecule has 0 bridgehead atoms. The molecule has 0 radical (unpaired) electrons. The van der Waals surface area contributed by atoms with Crippen LogP contribution in [0.25, 0.3) is 10.9 Å². The van der Waals surface area contributed by atoms with Gasteiger partial charge in [-0.3, -0.25) is 14.4 Å². The number of carbonyl (C=O) groups excluding carboxylic acids is 4. The van der Waals surface area contributed by atoms with Crippen LogP contribution in [-0.4, -0.2) is 60.2 Å². The summed E-state index contributed by atoms with van der Waals surface area (Å²) < 4.78 is 4.90. The summed E-state index contributed by atoms with van der Waals surface area (Å²) in [4.78, 5) is 63.4. The lowest BCUT2D eigenvalue weighted by molar-refractivity contribution is -0.137. The van der Waals surface area contributed by atoms with E-state index in [2.05, 4.69) is 10.3 Å². The Balaban J connectivity index is 1.40. The van der Waals surface area contributed by atoms with Crippen LogP contribution in [0.2, 0.25) is 0 Å². The number of fused-ring (bicyclic) bond motifs is 1. The maximum atomic E-state index is 14.0. The molecule has 3 amide bonds. The molecular formula is C32H27N5O5. The standard InChI is InChI=1S/C32H27N5O5/c1-2-42-27(39)16-15-26(38)36-17-18-37-29-22(12-8-14-25(29)36)28(20-9-4-3-5-10-20)34-30(32(37)41)35-31(40)24-19-21-11-6-7-13-23(21)33-24/h3-16,19,30,33H,2,17-18H2,1H3,(H,35,40)/b16-15+. The van der Waals surface area contributed by atoms with Gasteiger partial charge in [-0.2, -0.15) is 0 Å². The van der Waals surface area contributed by atoms with E-state index in [1.54, 1.807) is 30.0 Å². The van der Waals surface area contributed by atoms with E-state index >= 15 is 0 Å². The third-order valence-corrected chi connectivity index (χ3v) is 7.14. The van der Waals surface area contributed by atoms with Crippen LogP contribution in [0, 0.1) is 0 Å². The first-order valence-electron chi connectivity index (χ1n) is 13.6. The Kier molecular flexibility index (Phi) is 7.10.